The number of rotatable bonds is 4. The molecule has 3 aromatic carbocycles. The van der Waals surface area contributed by atoms with Gasteiger partial charge in [-0.15, -0.1) is 11.3 Å². The molecule has 0 unspecified atom stereocenters. The summed E-state index contributed by atoms with van der Waals surface area (Å²) in [5.74, 6) is 0.920. The molecule has 4 aromatic rings. The Morgan fingerprint density at radius 3 is 2.45 bits per heavy atom. The first-order valence-corrected chi connectivity index (χ1v) is 11.2. The fraction of sp³-hybridized carbons (Fsp3) is 0. The number of ether oxygens (including phenoxy) is 1. The van der Waals surface area contributed by atoms with Gasteiger partial charge in [-0.3, -0.25) is 9.36 Å². The zero-order valence-corrected chi connectivity index (χ0v) is 19.0. The van der Waals surface area contributed by atoms with Crippen molar-refractivity contribution in [3.8, 4) is 23.1 Å². The second-order valence-electron chi connectivity index (χ2n) is 6.72. The van der Waals surface area contributed by atoms with Crippen molar-refractivity contribution in [2.75, 3.05) is 0 Å². The van der Waals surface area contributed by atoms with Gasteiger partial charge < -0.3 is 9.84 Å². The van der Waals surface area contributed by atoms with Gasteiger partial charge in [-0.05, 0) is 66.8 Å². The molecule has 0 saturated carbocycles. The molecule has 0 saturated heterocycles. The first-order chi connectivity index (χ1) is 15.0. The summed E-state index contributed by atoms with van der Waals surface area (Å²) in [4.78, 5) is 17.1. The molecule has 0 atom stereocenters. The molecule has 1 N–H and O–H groups in total. The van der Waals surface area contributed by atoms with Crippen molar-refractivity contribution in [3.63, 3.8) is 0 Å². The maximum absolute atomic E-state index is 12.6. The van der Waals surface area contributed by atoms with Crippen LogP contribution in [0.4, 0.5) is 0 Å². The zero-order chi connectivity index (χ0) is 21.5. The summed E-state index contributed by atoms with van der Waals surface area (Å²) in [6.45, 7) is 0. The average molecular weight is 509 g/mol. The molecule has 1 aromatic heterocycles. The van der Waals surface area contributed by atoms with E-state index < -0.39 is 5.91 Å². The monoisotopic (exact) mass is 508 g/mol. The summed E-state index contributed by atoms with van der Waals surface area (Å²) in [7, 11) is 0. The molecule has 5 rings (SSSR count). The Bertz CT molecular complexity index is 1510. The highest BCUT2D eigenvalue weighted by Crippen LogP contribution is 2.35. The molecule has 5 nitrogen and oxygen atoms in total. The van der Waals surface area contributed by atoms with Gasteiger partial charge in [-0.25, -0.2) is 4.99 Å². The number of halogens is 1. The van der Waals surface area contributed by atoms with Crippen LogP contribution in [0.3, 0.4) is 0 Å². The van der Waals surface area contributed by atoms with Crippen molar-refractivity contribution in [1.82, 2.24) is 4.57 Å². The molecule has 31 heavy (non-hydrogen) atoms. The molecule has 152 valence electrons. The Kier molecular flexibility index (Phi) is 5.05. The third-order valence-corrected chi connectivity index (χ3v) is 6.63. The Hall–Kier alpha value is -3.07. The number of carbonyl (C=O) groups excluding carboxylic acids is 1. The largest absolute Gasteiger partial charge is 0.493 e. The summed E-state index contributed by atoms with van der Waals surface area (Å²) in [6, 6.07) is 22.1. The predicted molar refractivity (Wildman–Crippen MR) is 125 cm³/mol. The van der Waals surface area contributed by atoms with E-state index in [9.17, 15) is 9.90 Å². The van der Waals surface area contributed by atoms with Crippen LogP contribution in [0.1, 0.15) is 4.88 Å². The number of nitrogens with zero attached hydrogens (tertiary/aromatic N) is 2. The SMILES string of the molecule is O=C1N=c2ccc(Br)cc2=C1c1sc(=S)n(-c2ccc(Oc3ccccc3)cc2)c1O. The van der Waals surface area contributed by atoms with Crippen molar-refractivity contribution in [2.45, 2.75) is 0 Å². The van der Waals surface area contributed by atoms with Crippen LogP contribution in [0.2, 0.25) is 0 Å². The third-order valence-electron chi connectivity index (χ3n) is 4.75. The summed E-state index contributed by atoms with van der Waals surface area (Å²) in [5, 5.41) is 12.2. The molecule has 8 heteroatoms. The number of hydrogen-bond acceptors (Lipinski definition) is 5. The first-order valence-electron chi connectivity index (χ1n) is 9.23. The van der Waals surface area contributed by atoms with E-state index in [1.807, 2.05) is 42.5 Å². The quantitative estimate of drug-likeness (QED) is 0.398. The molecule has 1 aliphatic rings. The summed E-state index contributed by atoms with van der Waals surface area (Å²) in [6.07, 6.45) is 0. The summed E-state index contributed by atoms with van der Waals surface area (Å²) >= 11 is 10.1. The molecular formula is C23H13BrN2O3S2. The molecule has 1 aliphatic heterocycles. The normalized spacial score (nSPS) is 12.5. The van der Waals surface area contributed by atoms with E-state index in [4.69, 9.17) is 17.0 Å². The van der Waals surface area contributed by atoms with Crippen LogP contribution >= 0.6 is 39.5 Å². The topological polar surface area (TPSA) is 63.8 Å². The van der Waals surface area contributed by atoms with Gasteiger partial charge in [-0.1, -0.05) is 34.1 Å². The zero-order valence-electron chi connectivity index (χ0n) is 15.8. The fourth-order valence-corrected chi connectivity index (χ4v) is 5.09. The molecule has 0 fully saturated rings. The van der Waals surface area contributed by atoms with Crippen LogP contribution in [0.5, 0.6) is 17.4 Å². The van der Waals surface area contributed by atoms with E-state index >= 15 is 0 Å². The molecule has 0 aliphatic carbocycles. The Balaban J connectivity index is 1.56. The van der Waals surface area contributed by atoms with Gasteiger partial charge in [0.15, 0.2) is 3.95 Å². The van der Waals surface area contributed by atoms with E-state index in [1.165, 1.54) is 15.9 Å². The number of thiazole rings is 1. The highest BCUT2D eigenvalue weighted by Gasteiger charge is 2.25. The van der Waals surface area contributed by atoms with Gasteiger partial charge >= 0.3 is 0 Å². The number of aromatic hydroxyl groups is 1. The number of fused-ring (bicyclic) bond motifs is 1. The second-order valence-corrected chi connectivity index (χ2v) is 9.28. The van der Waals surface area contributed by atoms with Crippen LogP contribution in [-0.4, -0.2) is 15.6 Å². The maximum Gasteiger partial charge on any atom is 0.279 e. The van der Waals surface area contributed by atoms with E-state index in [-0.39, 0.29) is 5.88 Å². The minimum absolute atomic E-state index is 0.0851. The standard InChI is InChI=1S/C23H13BrN2O3S2/c24-13-6-11-18-17(12-13)19(21(27)25-18)20-22(28)26(23(30)31-20)14-7-9-16(10-8-14)29-15-4-2-1-3-5-15/h1-12,28H. The summed E-state index contributed by atoms with van der Waals surface area (Å²) in [5.41, 5.74) is 1.02. The van der Waals surface area contributed by atoms with Crippen LogP contribution in [0.15, 0.2) is 82.3 Å². The van der Waals surface area contributed by atoms with Crippen molar-refractivity contribution in [3.05, 3.63) is 96.7 Å². The van der Waals surface area contributed by atoms with Crippen molar-refractivity contribution in [2.24, 2.45) is 4.99 Å². The Morgan fingerprint density at radius 1 is 1.00 bits per heavy atom. The highest BCUT2D eigenvalue weighted by atomic mass is 79.9. The van der Waals surface area contributed by atoms with E-state index in [0.29, 0.717) is 36.4 Å². The van der Waals surface area contributed by atoms with Gasteiger partial charge in [0, 0.05) is 9.69 Å². The minimum Gasteiger partial charge on any atom is -0.493 e. The first kappa shape index (κ1) is 19.9. The van der Waals surface area contributed by atoms with Crippen molar-refractivity contribution < 1.29 is 14.6 Å². The number of benzene rings is 3. The van der Waals surface area contributed by atoms with Crippen molar-refractivity contribution >= 4 is 51.0 Å². The van der Waals surface area contributed by atoms with E-state index in [2.05, 4.69) is 20.9 Å². The molecular weight excluding hydrogens is 496 g/mol. The number of amides is 1. The lowest BCUT2D eigenvalue weighted by molar-refractivity contribution is -0.112. The molecule has 2 heterocycles. The van der Waals surface area contributed by atoms with Crippen LogP contribution in [-0.2, 0) is 4.79 Å². The lowest BCUT2D eigenvalue weighted by atomic mass is 10.1. The number of hydrogen-bond donors (Lipinski definition) is 1. The minimum atomic E-state index is -0.390. The smallest absolute Gasteiger partial charge is 0.279 e. The number of para-hydroxylation sites is 1. The molecule has 0 bridgehead atoms. The lowest BCUT2D eigenvalue weighted by Gasteiger charge is -2.08. The molecule has 1 amide bonds. The fourth-order valence-electron chi connectivity index (χ4n) is 3.35. The van der Waals surface area contributed by atoms with E-state index in [0.717, 1.165) is 10.2 Å². The van der Waals surface area contributed by atoms with Crippen molar-refractivity contribution in [1.29, 1.82) is 0 Å². The van der Waals surface area contributed by atoms with Crippen LogP contribution in [0.25, 0.3) is 11.3 Å². The van der Waals surface area contributed by atoms with Gasteiger partial charge in [0.2, 0.25) is 5.88 Å². The molecule has 0 spiro atoms. The van der Waals surface area contributed by atoms with Crippen LogP contribution < -0.4 is 15.3 Å². The van der Waals surface area contributed by atoms with Gasteiger partial charge in [0.05, 0.1) is 16.6 Å². The molecule has 0 radical (unpaired) electrons. The highest BCUT2D eigenvalue weighted by molar-refractivity contribution is 9.10. The van der Waals surface area contributed by atoms with Gasteiger partial charge in [0.1, 0.15) is 16.4 Å². The van der Waals surface area contributed by atoms with Crippen LogP contribution in [0, 0.1) is 3.95 Å². The number of aromatic nitrogens is 1. The number of carbonyl (C=O) groups is 1. The van der Waals surface area contributed by atoms with E-state index in [1.54, 1.807) is 30.3 Å². The third kappa shape index (κ3) is 3.63. The second kappa shape index (κ2) is 7.88. The maximum atomic E-state index is 12.6. The van der Waals surface area contributed by atoms with Gasteiger partial charge in [-0.2, -0.15) is 0 Å². The summed E-state index contributed by atoms with van der Waals surface area (Å²) < 4.78 is 8.61. The van der Waals surface area contributed by atoms with Gasteiger partial charge in [0.25, 0.3) is 5.91 Å². The lowest BCUT2D eigenvalue weighted by Crippen LogP contribution is -2.22. The predicted octanol–water partition coefficient (Wildman–Crippen LogP) is 4.89. The Labute approximate surface area is 194 Å². The Morgan fingerprint density at radius 2 is 1.71 bits per heavy atom. The average Bonchev–Trinajstić information content (AvgIpc) is 3.23.